The van der Waals surface area contributed by atoms with Crippen molar-refractivity contribution in [1.82, 2.24) is 20.2 Å². The fraction of sp³-hybridized carbons (Fsp3) is 0.125. The third kappa shape index (κ3) is 2.02. The molecule has 2 rings (SSSR count). The van der Waals surface area contributed by atoms with E-state index in [1.165, 1.54) is 0 Å². The molecule has 0 aliphatic heterocycles. The second-order valence-electron chi connectivity index (χ2n) is 2.50. The van der Waals surface area contributed by atoms with Crippen molar-refractivity contribution in [2.24, 2.45) is 0 Å². The van der Waals surface area contributed by atoms with Gasteiger partial charge in [0.05, 0.1) is 6.54 Å². The molecule has 0 bridgehead atoms. The summed E-state index contributed by atoms with van der Waals surface area (Å²) in [5.41, 5.74) is 0. The third-order valence-electron chi connectivity index (χ3n) is 1.56. The molecule has 0 atom stereocenters. The quantitative estimate of drug-likeness (QED) is 0.724. The van der Waals surface area contributed by atoms with Crippen LogP contribution in [-0.2, 0) is 6.54 Å². The molecule has 0 amide bonds. The van der Waals surface area contributed by atoms with Gasteiger partial charge in [0.2, 0.25) is 0 Å². The van der Waals surface area contributed by atoms with Crippen LogP contribution in [-0.4, -0.2) is 20.2 Å². The first kappa shape index (κ1) is 7.72. The van der Waals surface area contributed by atoms with Crippen molar-refractivity contribution in [3.8, 4) is 0 Å². The van der Waals surface area contributed by atoms with E-state index in [1.807, 2.05) is 12.1 Å². The summed E-state index contributed by atoms with van der Waals surface area (Å²) in [6.07, 6.45) is 5.14. The fourth-order valence-electron chi connectivity index (χ4n) is 0.965. The Balaban J connectivity index is 1.94. The maximum absolute atomic E-state index is 4.07. The van der Waals surface area contributed by atoms with E-state index in [4.69, 9.17) is 0 Å². The summed E-state index contributed by atoms with van der Waals surface area (Å²) >= 11 is 0. The third-order valence-corrected chi connectivity index (χ3v) is 1.56. The standard InChI is InChI=1S/C8H9N5/c1-2-7(13-12-3-1)11-6-8-9-4-5-10-8/h1-5H,6H2,(H,9,10)(H,11,13). The highest BCUT2D eigenvalue weighted by Gasteiger charge is 1.94. The lowest BCUT2D eigenvalue weighted by molar-refractivity contribution is 0.955. The van der Waals surface area contributed by atoms with Crippen LogP contribution in [0.25, 0.3) is 0 Å². The molecule has 0 aromatic carbocycles. The Morgan fingerprint density at radius 1 is 1.38 bits per heavy atom. The number of aromatic nitrogens is 4. The van der Waals surface area contributed by atoms with Gasteiger partial charge >= 0.3 is 0 Å². The Kier molecular flexibility index (Phi) is 2.18. The number of nitrogens with zero attached hydrogens (tertiary/aromatic N) is 3. The van der Waals surface area contributed by atoms with E-state index < -0.39 is 0 Å². The van der Waals surface area contributed by atoms with Crippen molar-refractivity contribution in [1.29, 1.82) is 0 Å². The van der Waals surface area contributed by atoms with E-state index >= 15 is 0 Å². The van der Waals surface area contributed by atoms with Crippen molar-refractivity contribution >= 4 is 5.82 Å². The van der Waals surface area contributed by atoms with Crippen molar-refractivity contribution in [3.05, 3.63) is 36.5 Å². The van der Waals surface area contributed by atoms with Crippen LogP contribution < -0.4 is 5.32 Å². The van der Waals surface area contributed by atoms with E-state index in [9.17, 15) is 0 Å². The minimum Gasteiger partial charge on any atom is -0.361 e. The first-order valence-electron chi connectivity index (χ1n) is 3.95. The largest absolute Gasteiger partial charge is 0.361 e. The highest BCUT2D eigenvalue weighted by Crippen LogP contribution is 1.99. The maximum Gasteiger partial charge on any atom is 0.149 e. The summed E-state index contributed by atoms with van der Waals surface area (Å²) in [6, 6.07) is 3.69. The van der Waals surface area contributed by atoms with Gasteiger partial charge < -0.3 is 10.3 Å². The number of hydrogen-bond donors (Lipinski definition) is 2. The van der Waals surface area contributed by atoms with Gasteiger partial charge in [-0.15, -0.1) is 5.10 Å². The lowest BCUT2D eigenvalue weighted by Crippen LogP contribution is -2.02. The Labute approximate surface area is 75.2 Å². The molecule has 0 spiro atoms. The Morgan fingerprint density at radius 2 is 2.38 bits per heavy atom. The molecule has 2 heterocycles. The molecule has 0 aliphatic carbocycles. The first-order chi connectivity index (χ1) is 6.45. The molecular weight excluding hydrogens is 166 g/mol. The van der Waals surface area contributed by atoms with E-state index in [-0.39, 0.29) is 0 Å². The molecule has 0 fully saturated rings. The summed E-state index contributed by atoms with van der Waals surface area (Å²) in [7, 11) is 0. The Bertz CT molecular complexity index is 342. The number of nitrogens with one attached hydrogen (secondary N) is 2. The number of aromatic amines is 1. The predicted molar refractivity (Wildman–Crippen MR) is 47.9 cm³/mol. The molecule has 2 N–H and O–H groups in total. The van der Waals surface area contributed by atoms with Crippen LogP contribution in [0.15, 0.2) is 30.7 Å². The van der Waals surface area contributed by atoms with Gasteiger partial charge in [0, 0.05) is 18.6 Å². The van der Waals surface area contributed by atoms with Crippen LogP contribution in [0, 0.1) is 0 Å². The van der Waals surface area contributed by atoms with E-state index in [1.54, 1.807) is 18.6 Å². The molecule has 66 valence electrons. The molecule has 13 heavy (non-hydrogen) atoms. The van der Waals surface area contributed by atoms with Crippen LogP contribution in [0.2, 0.25) is 0 Å². The molecule has 5 nitrogen and oxygen atoms in total. The van der Waals surface area contributed by atoms with Gasteiger partial charge in [-0.1, -0.05) is 0 Å². The molecule has 5 heteroatoms. The van der Waals surface area contributed by atoms with Gasteiger partial charge in [0.1, 0.15) is 11.6 Å². The Hall–Kier alpha value is -1.91. The minimum atomic E-state index is 0.631. The van der Waals surface area contributed by atoms with Gasteiger partial charge in [-0.25, -0.2) is 4.98 Å². The van der Waals surface area contributed by atoms with Gasteiger partial charge in [0.15, 0.2) is 0 Å². The fourth-order valence-corrected chi connectivity index (χ4v) is 0.965. The summed E-state index contributed by atoms with van der Waals surface area (Å²) in [5.74, 6) is 1.63. The van der Waals surface area contributed by atoms with Crippen molar-refractivity contribution < 1.29 is 0 Å². The van der Waals surface area contributed by atoms with Crippen molar-refractivity contribution in [2.75, 3.05) is 5.32 Å². The molecule has 0 radical (unpaired) electrons. The minimum absolute atomic E-state index is 0.631. The normalized spacial score (nSPS) is 9.85. The number of H-pyrrole nitrogens is 1. The lowest BCUT2D eigenvalue weighted by atomic mass is 10.5. The van der Waals surface area contributed by atoms with Gasteiger partial charge in [0.25, 0.3) is 0 Å². The van der Waals surface area contributed by atoms with Crippen LogP contribution >= 0.6 is 0 Å². The lowest BCUT2D eigenvalue weighted by Gasteiger charge is -2.00. The molecule has 0 saturated heterocycles. The molecule has 0 aliphatic rings. The number of anilines is 1. The summed E-state index contributed by atoms with van der Waals surface area (Å²) in [5, 5.41) is 10.7. The second kappa shape index (κ2) is 3.66. The number of hydrogen-bond acceptors (Lipinski definition) is 4. The highest BCUT2D eigenvalue weighted by atomic mass is 15.2. The van der Waals surface area contributed by atoms with Gasteiger partial charge in [-0.05, 0) is 12.1 Å². The van der Waals surface area contributed by atoms with Crippen molar-refractivity contribution in [2.45, 2.75) is 6.54 Å². The molecular formula is C8H9N5. The van der Waals surface area contributed by atoms with Crippen LogP contribution in [0.1, 0.15) is 5.82 Å². The van der Waals surface area contributed by atoms with E-state index in [0.717, 1.165) is 11.6 Å². The Morgan fingerprint density at radius 3 is 3.08 bits per heavy atom. The number of rotatable bonds is 3. The zero-order chi connectivity index (χ0) is 8.93. The van der Waals surface area contributed by atoms with E-state index in [2.05, 4.69) is 25.5 Å². The molecule has 2 aromatic rings. The molecule has 0 unspecified atom stereocenters. The van der Waals surface area contributed by atoms with Crippen molar-refractivity contribution in [3.63, 3.8) is 0 Å². The summed E-state index contributed by atoms with van der Waals surface area (Å²) < 4.78 is 0. The topological polar surface area (TPSA) is 66.5 Å². The number of imidazole rings is 1. The average Bonchev–Trinajstić information content (AvgIpc) is 2.69. The molecule has 0 saturated carbocycles. The van der Waals surface area contributed by atoms with Crippen LogP contribution in [0.3, 0.4) is 0 Å². The van der Waals surface area contributed by atoms with Gasteiger partial charge in [-0.2, -0.15) is 5.10 Å². The molecule has 2 aromatic heterocycles. The zero-order valence-corrected chi connectivity index (χ0v) is 6.94. The average molecular weight is 175 g/mol. The smallest absolute Gasteiger partial charge is 0.149 e. The van der Waals surface area contributed by atoms with Gasteiger partial charge in [-0.3, -0.25) is 0 Å². The van der Waals surface area contributed by atoms with Crippen LogP contribution in [0.4, 0.5) is 5.82 Å². The predicted octanol–water partition coefficient (Wildman–Crippen LogP) is 0.812. The summed E-state index contributed by atoms with van der Waals surface area (Å²) in [6.45, 7) is 0.631. The SMILES string of the molecule is c1cnnc(NCc2ncc[nH]2)c1. The van der Waals surface area contributed by atoms with E-state index in [0.29, 0.717) is 6.54 Å². The highest BCUT2D eigenvalue weighted by molar-refractivity contribution is 5.31. The first-order valence-corrected chi connectivity index (χ1v) is 3.95. The maximum atomic E-state index is 4.07. The second-order valence-corrected chi connectivity index (χ2v) is 2.50. The monoisotopic (exact) mass is 175 g/mol. The summed E-state index contributed by atoms with van der Waals surface area (Å²) in [4.78, 5) is 7.05. The zero-order valence-electron chi connectivity index (χ0n) is 6.94. The van der Waals surface area contributed by atoms with Crippen LogP contribution in [0.5, 0.6) is 0 Å².